The lowest BCUT2D eigenvalue weighted by atomic mass is 10.00. The van der Waals surface area contributed by atoms with Crippen LogP contribution in [0.2, 0.25) is 5.15 Å². The topological polar surface area (TPSA) is 58.0 Å². The molecule has 0 amide bonds. The lowest BCUT2D eigenvalue weighted by molar-refractivity contribution is 0.232. The van der Waals surface area contributed by atoms with Crippen LogP contribution >= 0.6 is 11.6 Å². The number of rotatable bonds is 6. The Kier molecular flexibility index (Phi) is 5.26. The fourth-order valence-corrected chi connectivity index (χ4v) is 2.01. The smallest absolute Gasteiger partial charge is 0.171 e. The van der Waals surface area contributed by atoms with E-state index >= 15 is 0 Å². The van der Waals surface area contributed by atoms with Crippen molar-refractivity contribution < 1.29 is 9.50 Å². The molecule has 0 aliphatic heterocycles. The van der Waals surface area contributed by atoms with E-state index in [1.807, 2.05) is 0 Å². The first-order valence-electron chi connectivity index (χ1n) is 6.24. The zero-order chi connectivity index (χ0) is 14.4. The van der Waals surface area contributed by atoms with E-state index in [2.05, 4.69) is 15.3 Å². The molecule has 2 aromatic rings. The highest BCUT2D eigenvalue weighted by Gasteiger charge is 2.10. The summed E-state index contributed by atoms with van der Waals surface area (Å²) in [7, 11) is 0. The van der Waals surface area contributed by atoms with Crippen molar-refractivity contribution in [3.8, 4) is 0 Å². The number of halogens is 2. The molecule has 0 saturated carbocycles. The SMILES string of the molecule is OCC(CNc1nccnc1Cl)Cc1ccc(F)cc1. The molecule has 20 heavy (non-hydrogen) atoms. The van der Waals surface area contributed by atoms with Crippen LogP contribution in [0, 0.1) is 11.7 Å². The molecule has 106 valence electrons. The zero-order valence-electron chi connectivity index (χ0n) is 10.8. The maximum atomic E-state index is 12.8. The van der Waals surface area contributed by atoms with Crippen molar-refractivity contribution in [1.29, 1.82) is 0 Å². The summed E-state index contributed by atoms with van der Waals surface area (Å²) in [4.78, 5) is 7.98. The van der Waals surface area contributed by atoms with E-state index in [4.69, 9.17) is 11.6 Å². The Morgan fingerprint density at radius 2 is 1.90 bits per heavy atom. The van der Waals surface area contributed by atoms with E-state index in [1.54, 1.807) is 18.3 Å². The number of benzene rings is 1. The molecular formula is C14H15ClFN3O. The minimum atomic E-state index is -0.265. The molecule has 1 aromatic heterocycles. The number of aromatic nitrogens is 2. The van der Waals surface area contributed by atoms with Gasteiger partial charge in [-0.15, -0.1) is 0 Å². The first kappa shape index (κ1) is 14.7. The largest absolute Gasteiger partial charge is 0.396 e. The van der Waals surface area contributed by atoms with Crippen molar-refractivity contribution in [2.45, 2.75) is 6.42 Å². The van der Waals surface area contributed by atoms with Crippen LogP contribution in [0.15, 0.2) is 36.7 Å². The molecule has 4 nitrogen and oxygen atoms in total. The summed E-state index contributed by atoms with van der Waals surface area (Å²) < 4.78 is 12.8. The van der Waals surface area contributed by atoms with Crippen molar-refractivity contribution in [2.75, 3.05) is 18.5 Å². The lowest BCUT2D eigenvalue weighted by Crippen LogP contribution is -2.21. The number of aliphatic hydroxyl groups is 1. The lowest BCUT2D eigenvalue weighted by Gasteiger charge is -2.15. The maximum Gasteiger partial charge on any atom is 0.171 e. The predicted octanol–water partition coefficient (Wildman–Crippen LogP) is 2.53. The molecule has 0 aliphatic rings. The molecule has 1 heterocycles. The summed E-state index contributed by atoms with van der Waals surface area (Å²) in [5.74, 6) is 0.212. The van der Waals surface area contributed by atoms with Crippen LogP contribution in [0.5, 0.6) is 0 Å². The van der Waals surface area contributed by atoms with Gasteiger partial charge in [0.1, 0.15) is 5.82 Å². The first-order valence-corrected chi connectivity index (χ1v) is 6.62. The van der Waals surface area contributed by atoms with Crippen LogP contribution in [-0.2, 0) is 6.42 Å². The third-order valence-electron chi connectivity index (χ3n) is 2.91. The molecule has 0 radical (unpaired) electrons. The molecule has 2 rings (SSSR count). The molecule has 2 N–H and O–H groups in total. The number of hydrogen-bond acceptors (Lipinski definition) is 4. The number of nitrogens with one attached hydrogen (secondary N) is 1. The van der Waals surface area contributed by atoms with E-state index in [9.17, 15) is 9.50 Å². The fraction of sp³-hybridized carbons (Fsp3) is 0.286. The summed E-state index contributed by atoms with van der Waals surface area (Å²) in [5, 5.41) is 12.8. The van der Waals surface area contributed by atoms with Gasteiger partial charge in [-0.1, -0.05) is 23.7 Å². The van der Waals surface area contributed by atoms with Gasteiger partial charge in [-0.3, -0.25) is 0 Å². The van der Waals surface area contributed by atoms with Gasteiger partial charge in [-0.05, 0) is 24.1 Å². The van der Waals surface area contributed by atoms with E-state index in [0.29, 0.717) is 23.9 Å². The van der Waals surface area contributed by atoms with Gasteiger partial charge in [0.2, 0.25) is 0 Å². The quantitative estimate of drug-likeness (QED) is 0.860. The number of anilines is 1. The van der Waals surface area contributed by atoms with Crippen molar-refractivity contribution in [3.05, 3.63) is 53.2 Å². The monoisotopic (exact) mass is 295 g/mol. The van der Waals surface area contributed by atoms with Gasteiger partial charge < -0.3 is 10.4 Å². The summed E-state index contributed by atoms with van der Waals surface area (Å²) in [6.07, 6.45) is 3.69. The number of aliphatic hydroxyl groups excluding tert-OH is 1. The van der Waals surface area contributed by atoms with Crippen molar-refractivity contribution in [1.82, 2.24) is 9.97 Å². The highest BCUT2D eigenvalue weighted by Crippen LogP contribution is 2.16. The Hall–Kier alpha value is -1.72. The second-order valence-corrected chi connectivity index (χ2v) is 4.81. The first-order chi connectivity index (χ1) is 9.69. The summed E-state index contributed by atoms with van der Waals surface area (Å²) in [6, 6.07) is 6.26. The minimum absolute atomic E-state index is 0.0152. The molecule has 1 unspecified atom stereocenters. The van der Waals surface area contributed by atoms with Crippen LogP contribution in [-0.4, -0.2) is 28.2 Å². The van der Waals surface area contributed by atoms with E-state index in [-0.39, 0.29) is 18.3 Å². The molecule has 0 aliphatic carbocycles. The average Bonchev–Trinajstić information content (AvgIpc) is 2.47. The summed E-state index contributed by atoms with van der Waals surface area (Å²) in [6.45, 7) is 0.522. The van der Waals surface area contributed by atoms with Gasteiger partial charge >= 0.3 is 0 Å². The van der Waals surface area contributed by atoms with Gasteiger partial charge in [-0.2, -0.15) is 0 Å². The predicted molar refractivity (Wildman–Crippen MR) is 76.2 cm³/mol. The van der Waals surface area contributed by atoms with Crippen LogP contribution in [0.3, 0.4) is 0 Å². The van der Waals surface area contributed by atoms with Crippen molar-refractivity contribution in [3.63, 3.8) is 0 Å². The van der Waals surface area contributed by atoms with Gasteiger partial charge in [0, 0.05) is 31.5 Å². The van der Waals surface area contributed by atoms with Crippen molar-refractivity contribution >= 4 is 17.4 Å². The van der Waals surface area contributed by atoms with Crippen LogP contribution in [0.1, 0.15) is 5.56 Å². The summed E-state index contributed by atoms with van der Waals surface area (Å²) >= 11 is 5.89. The Balaban J connectivity index is 1.92. The van der Waals surface area contributed by atoms with E-state index in [0.717, 1.165) is 5.56 Å². The normalized spacial score (nSPS) is 12.2. The molecular weight excluding hydrogens is 281 g/mol. The highest BCUT2D eigenvalue weighted by molar-refractivity contribution is 6.31. The number of nitrogens with zero attached hydrogens (tertiary/aromatic N) is 2. The van der Waals surface area contributed by atoms with Crippen LogP contribution in [0.25, 0.3) is 0 Å². The molecule has 6 heteroatoms. The molecule has 0 saturated heterocycles. The van der Waals surface area contributed by atoms with Gasteiger partial charge in [0.25, 0.3) is 0 Å². The summed E-state index contributed by atoms with van der Waals surface area (Å²) in [5.41, 5.74) is 0.970. The molecule has 0 fully saturated rings. The molecule has 0 bridgehead atoms. The second kappa shape index (κ2) is 7.17. The van der Waals surface area contributed by atoms with Crippen molar-refractivity contribution in [2.24, 2.45) is 5.92 Å². The highest BCUT2D eigenvalue weighted by atomic mass is 35.5. The van der Waals surface area contributed by atoms with Gasteiger partial charge in [0.05, 0.1) is 0 Å². The van der Waals surface area contributed by atoms with Gasteiger partial charge in [0.15, 0.2) is 11.0 Å². The Bertz CT molecular complexity index is 550. The van der Waals surface area contributed by atoms with E-state index in [1.165, 1.54) is 18.3 Å². The van der Waals surface area contributed by atoms with Gasteiger partial charge in [-0.25, -0.2) is 14.4 Å². The Morgan fingerprint density at radius 3 is 2.55 bits per heavy atom. The molecule has 1 atom stereocenters. The molecule has 0 spiro atoms. The average molecular weight is 296 g/mol. The zero-order valence-corrected chi connectivity index (χ0v) is 11.5. The third kappa shape index (κ3) is 4.15. The second-order valence-electron chi connectivity index (χ2n) is 4.46. The standard InChI is InChI=1S/C14H15ClFN3O/c15-13-14(18-6-5-17-13)19-8-11(9-20)7-10-1-3-12(16)4-2-10/h1-6,11,20H,7-9H2,(H,18,19). The Labute approximate surface area is 121 Å². The third-order valence-corrected chi connectivity index (χ3v) is 3.18. The number of hydrogen-bond donors (Lipinski definition) is 2. The van der Waals surface area contributed by atoms with Crippen LogP contribution in [0.4, 0.5) is 10.2 Å². The van der Waals surface area contributed by atoms with E-state index < -0.39 is 0 Å². The maximum absolute atomic E-state index is 12.8. The Morgan fingerprint density at radius 1 is 1.20 bits per heavy atom. The fourth-order valence-electron chi connectivity index (χ4n) is 1.84. The minimum Gasteiger partial charge on any atom is -0.396 e. The van der Waals surface area contributed by atoms with Crippen LogP contribution < -0.4 is 5.32 Å². The molecule has 1 aromatic carbocycles.